The minimum Gasteiger partial charge on any atom is -0.452 e. The predicted octanol–water partition coefficient (Wildman–Crippen LogP) is 3.31. The van der Waals surface area contributed by atoms with Gasteiger partial charge in [-0.1, -0.05) is 22.0 Å². The average Bonchev–Trinajstić information content (AvgIpc) is 2.55. The van der Waals surface area contributed by atoms with E-state index in [0.717, 1.165) is 10.2 Å². The second-order valence-corrected chi connectivity index (χ2v) is 5.99. The zero-order valence-corrected chi connectivity index (χ0v) is 14.5. The van der Waals surface area contributed by atoms with Crippen molar-refractivity contribution >= 4 is 39.2 Å². The maximum Gasteiger partial charge on any atom is 0.338 e. The van der Waals surface area contributed by atoms with Gasteiger partial charge in [0.15, 0.2) is 6.61 Å². The standard InChI is InChI=1S/C17H17BrN2O3/c1-20(2)15-5-3-4-12(10-15)17(22)23-11-16(21)19-14-8-6-13(18)7-9-14/h3-10H,11H2,1-2H3,(H,19,21). The first-order valence-electron chi connectivity index (χ1n) is 6.95. The van der Waals surface area contributed by atoms with Crippen molar-refractivity contribution in [1.82, 2.24) is 0 Å². The molecule has 2 aromatic carbocycles. The second kappa shape index (κ2) is 7.78. The van der Waals surface area contributed by atoms with Crippen LogP contribution < -0.4 is 10.2 Å². The fourth-order valence-corrected chi connectivity index (χ4v) is 2.12. The number of halogens is 1. The van der Waals surface area contributed by atoms with Crippen molar-refractivity contribution in [2.75, 3.05) is 30.9 Å². The summed E-state index contributed by atoms with van der Waals surface area (Å²) in [5.74, 6) is -0.913. The number of hydrogen-bond acceptors (Lipinski definition) is 4. The Hall–Kier alpha value is -2.34. The molecule has 0 heterocycles. The van der Waals surface area contributed by atoms with Crippen molar-refractivity contribution in [3.63, 3.8) is 0 Å². The summed E-state index contributed by atoms with van der Waals surface area (Å²) in [6, 6.07) is 14.2. The molecule has 1 amide bonds. The van der Waals surface area contributed by atoms with Gasteiger partial charge in [-0.2, -0.15) is 0 Å². The molecule has 23 heavy (non-hydrogen) atoms. The van der Waals surface area contributed by atoms with E-state index >= 15 is 0 Å². The average molecular weight is 377 g/mol. The lowest BCUT2D eigenvalue weighted by molar-refractivity contribution is -0.119. The maximum atomic E-state index is 12.0. The van der Waals surface area contributed by atoms with E-state index in [0.29, 0.717) is 11.3 Å². The molecule has 0 aliphatic carbocycles. The number of esters is 1. The van der Waals surface area contributed by atoms with Crippen LogP contribution in [0.2, 0.25) is 0 Å². The molecular weight excluding hydrogens is 360 g/mol. The summed E-state index contributed by atoms with van der Waals surface area (Å²) in [5.41, 5.74) is 1.94. The Balaban J connectivity index is 1.89. The lowest BCUT2D eigenvalue weighted by atomic mass is 10.2. The van der Waals surface area contributed by atoms with Crippen molar-refractivity contribution in [1.29, 1.82) is 0 Å². The number of rotatable bonds is 5. The molecule has 0 aliphatic rings. The number of ether oxygens (including phenoxy) is 1. The summed E-state index contributed by atoms with van der Waals surface area (Å²) in [4.78, 5) is 25.7. The van der Waals surface area contributed by atoms with Crippen LogP contribution in [0.4, 0.5) is 11.4 Å². The zero-order chi connectivity index (χ0) is 16.8. The van der Waals surface area contributed by atoms with Crippen LogP contribution in [0.25, 0.3) is 0 Å². The molecule has 0 radical (unpaired) electrons. The highest BCUT2D eigenvalue weighted by molar-refractivity contribution is 9.10. The summed E-state index contributed by atoms with van der Waals surface area (Å²) < 4.78 is 5.96. The Morgan fingerprint density at radius 1 is 1.13 bits per heavy atom. The number of nitrogens with one attached hydrogen (secondary N) is 1. The number of carbonyl (C=O) groups excluding carboxylic acids is 2. The topological polar surface area (TPSA) is 58.6 Å². The molecule has 0 aromatic heterocycles. The van der Waals surface area contributed by atoms with Crippen LogP contribution in [-0.2, 0) is 9.53 Å². The summed E-state index contributed by atoms with van der Waals surface area (Å²) in [6.45, 7) is -0.332. The third-order valence-corrected chi connectivity index (χ3v) is 3.59. The lowest BCUT2D eigenvalue weighted by Crippen LogP contribution is -2.21. The lowest BCUT2D eigenvalue weighted by Gasteiger charge is -2.13. The monoisotopic (exact) mass is 376 g/mol. The van der Waals surface area contributed by atoms with Gasteiger partial charge >= 0.3 is 5.97 Å². The Morgan fingerprint density at radius 2 is 1.83 bits per heavy atom. The van der Waals surface area contributed by atoms with Crippen LogP contribution in [0.1, 0.15) is 10.4 Å². The largest absolute Gasteiger partial charge is 0.452 e. The van der Waals surface area contributed by atoms with Crippen LogP contribution in [-0.4, -0.2) is 32.6 Å². The number of amides is 1. The molecule has 6 heteroatoms. The molecule has 120 valence electrons. The number of hydrogen-bond donors (Lipinski definition) is 1. The third-order valence-electron chi connectivity index (χ3n) is 3.06. The number of nitrogens with zero attached hydrogens (tertiary/aromatic N) is 1. The molecule has 0 fully saturated rings. The Kier molecular flexibility index (Phi) is 5.76. The first kappa shape index (κ1) is 17.0. The van der Waals surface area contributed by atoms with E-state index in [9.17, 15) is 9.59 Å². The quantitative estimate of drug-likeness (QED) is 0.813. The predicted molar refractivity (Wildman–Crippen MR) is 93.8 cm³/mol. The summed E-state index contributed by atoms with van der Waals surface area (Å²) in [6.07, 6.45) is 0. The molecular formula is C17H17BrN2O3. The van der Waals surface area contributed by atoms with Crippen molar-refractivity contribution < 1.29 is 14.3 Å². The number of carbonyl (C=O) groups is 2. The molecule has 1 N–H and O–H groups in total. The first-order chi connectivity index (χ1) is 11.0. The van der Waals surface area contributed by atoms with Gasteiger partial charge in [0.1, 0.15) is 0 Å². The maximum absolute atomic E-state index is 12.0. The van der Waals surface area contributed by atoms with Gasteiger partial charge in [-0.05, 0) is 42.5 Å². The molecule has 2 rings (SSSR count). The molecule has 0 saturated carbocycles. The van der Waals surface area contributed by atoms with Crippen LogP contribution in [0, 0.1) is 0 Å². The molecule has 0 atom stereocenters. The van der Waals surface area contributed by atoms with Gasteiger partial charge in [0.2, 0.25) is 0 Å². The van der Waals surface area contributed by atoms with Crippen LogP contribution in [0.5, 0.6) is 0 Å². The van der Waals surface area contributed by atoms with E-state index in [-0.39, 0.29) is 12.5 Å². The van der Waals surface area contributed by atoms with E-state index < -0.39 is 5.97 Å². The van der Waals surface area contributed by atoms with Crippen molar-refractivity contribution in [3.05, 3.63) is 58.6 Å². The Morgan fingerprint density at radius 3 is 2.48 bits per heavy atom. The van der Waals surface area contributed by atoms with Gasteiger partial charge < -0.3 is 15.0 Å². The minimum absolute atomic E-state index is 0.332. The van der Waals surface area contributed by atoms with Gasteiger partial charge in [-0.15, -0.1) is 0 Å². The number of benzene rings is 2. The van der Waals surface area contributed by atoms with Gasteiger partial charge in [-0.25, -0.2) is 4.79 Å². The Labute approximate surface area is 143 Å². The first-order valence-corrected chi connectivity index (χ1v) is 7.75. The molecule has 0 unspecified atom stereocenters. The van der Waals surface area contributed by atoms with Crippen molar-refractivity contribution in [3.8, 4) is 0 Å². The van der Waals surface area contributed by atoms with Crippen LogP contribution >= 0.6 is 15.9 Å². The van der Waals surface area contributed by atoms with Crippen LogP contribution in [0.3, 0.4) is 0 Å². The zero-order valence-electron chi connectivity index (χ0n) is 12.9. The summed E-state index contributed by atoms with van der Waals surface area (Å²) >= 11 is 3.32. The van der Waals surface area contributed by atoms with Crippen molar-refractivity contribution in [2.24, 2.45) is 0 Å². The molecule has 0 bridgehead atoms. The van der Waals surface area contributed by atoms with Crippen molar-refractivity contribution in [2.45, 2.75) is 0 Å². The fraction of sp³-hybridized carbons (Fsp3) is 0.176. The molecule has 5 nitrogen and oxygen atoms in total. The second-order valence-electron chi connectivity index (χ2n) is 5.08. The molecule has 0 aliphatic heterocycles. The minimum atomic E-state index is -0.528. The van der Waals surface area contributed by atoms with E-state index in [2.05, 4.69) is 21.2 Å². The van der Waals surface area contributed by atoms with E-state index in [4.69, 9.17) is 4.74 Å². The molecule has 0 spiro atoms. The normalized spacial score (nSPS) is 10.0. The summed E-state index contributed by atoms with van der Waals surface area (Å²) in [5, 5.41) is 2.66. The van der Waals surface area contributed by atoms with Gasteiger partial charge in [0.05, 0.1) is 5.56 Å². The third kappa shape index (κ3) is 5.10. The highest BCUT2D eigenvalue weighted by Crippen LogP contribution is 2.15. The van der Waals surface area contributed by atoms with E-state index in [1.165, 1.54) is 0 Å². The highest BCUT2D eigenvalue weighted by Gasteiger charge is 2.11. The van der Waals surface area contributed by atoms with Gasteiger partial charge in [0.25, 0.3) is 5.91 Å². The molecule has 0 saturated heterocycles. The van der Waals surface area contributed by atoms with E-state index in [1.807, 2.05) is 37.2 Å². The van der Waals surface area contributed by atoms with Gasteiger partial charge in [-0.3, -0.25) is 4.79 Å². The summed E-state index contributed by atoms with van der Waals surface area (Å²) in [7, 11) is 3.77. The Bertz CT molecular complexity index is 699. The molecule has 2 aromatic rings. The SMILES string of the molecule is CN(C)c1cccc(C(=O)OCC(=O)Nc2ccc(Br)cc2)c1. The fourth-order valence-electron chi connectivity index (χ4n) is 1.86. The van der Waals surface area contributed by atoms with Gasteiger partial charge in [0, 0.05) is 29.9 Å². The smallest absolute Gasteiger partial charge is 0.338 e. The van der Waals surface area contributed by atoms with E-state index in [1.54, 1.807) is 30.3 Å². The van der Waals surface area contributed by atoms with Crippen LogP contribution in [0.15, 0.2) is 53.0 Å². The highest BCUT2D eigenvalue weighted by atomic mass is 79.9. The number of anilines is 2.